The molecule has 3 aliphatic carbocycles. The number of carbonyl (C=O) groups excluding carboxylic acids is 3. The Morgan fingerprint density at radius 2 is 1.73 bits per heavy atom. The van der Waals surface area contributed by atoms with Crippen LogP contribution in [0.15, 0.2) is 47.2 Å². The quantitative estimate of drug-likeness (QED) is 0.201. The summed E-state index contributed by atoms with van der Waals surface area (Å²) in [5.41, 5.74) is 5.75. The molecule has 234 valence electrons. The molecule has 2 aromatic rings. The molecule has 0 aliphatic heterocycles. The number of nitrogens with one attached hydrogen (secondary N) is 1. The Hall–Kier alpha value is -4.31. The number of ketones is 2. The number of aliphatic hydroxyl groups is 3. The van der Waals surface area contributed by atoms with E-state index >= 15 is 0 Å². The predicted molar refractivity (Wildman–Crippen MR) is 167 cm³/mol. The van der Waals surface area contributed by atoms with E-state index in [2.05, 4.69) is 31.3 Å². The van der Waals surface area contributed by atoms with Gasteiger partial charge in [-0.1, -0.05) is 52.0 Å². The zero-order valence-electron chi connectivity index (χ0n) is 25.9. The SMILES string of the molecule is CC(C)c1ccc(CNc2cc(N(C)C)c3c(c2O)C(O)=C2C(=O)[C@]4(O)C(O)=C(C(N)=O)C(=O)[C@@H](C(C)C)[C@@H]4C[C@@H]2C3)cc1. The monoisotopic (exact) mass is 603 g/mol. The van der Waals surface area contributed by atoms with E-state index in [9.17, 15) is 34.8 Å². The number of Topliss-reactive ketones (excluding diaryl/α,β-unsaturated/α-hetero) is 2. The number of nitrogens with two attached hydrogens (primary N) is 1. The third-order valence-electron chi connectivity index (χ3n) is 9.56. The van der Waals surface area contributed by atoms with Crippen molar-refractivity contribution in [3.05, 3.63) is 69.5 Å². The maximum atomic E-state index is 14.2. The minimum absolute atomic E-state index is 0.0568. The fraction of sp³-hybridized carbons (Fsp3) is 0.441. The lowest BCUT2D eigenvalue weighted by atomic mass is 9.54. The van der Waals surface area contributed by atoms with E-state index in [1.807, 2.05) is 31.1 Å². The molecule has 4 atom stereocenters. The summed E-state index contributed by atoms with van der Waals surface area (Å²) < 4.78 is 0. The van der Waals surface area contributed by atoms with Crippen LogP contribution in [-0.4, -0.2) is 57.6 Å². The number of aromatic hydroxyl groups is 1. The van der Waals surface area contributed by atoms with Gasteiger partial charge in [-0.2, -0.15) is 0 Å². The molecule has 0 bridgehead atoms. The second kappa shape index (κ2) is 11.0. The number of phenols is 1. The number of primary amides is 1. The minimum Gasteiger partial charge on any atom is -0.508 e. The average Bonchev–Trinajstić information content (AvgIpc) is 2.94. The Labute approximate surface area is 256 Å². The summed E-state index contributed by atoms with van der Waals surface area (Å²) in [5, 5.41) is 49.4. The highest BCUT2D eigenvalue weighted by atomic mass is 16.3. The summed E-state index contributed by atoms with van der Waals surface area (Å²) >= 11 is 0. The molecule has 7 N–H and O–H groups in total. The van der Waals surface area contributed by atoms with Crippen molar-refractivity contribution in [2.75, 3.05) is 24.3 Å². The summed E-state index contributed by atoms with van der Waals surface area (Å²) in [4.78, 5) is 41.6. The first-order valence-electron chi connectivity index (χ1n) is 15.0. The summed E-state index contributed by atoms with van der Waals surface area (Å²) in [5.74, 6) is -7.43. The second-order valence-corrected chi connectivity index (χ2v) is 13.1. The summed E-state index contributed by atoms with van der Waals surface area (Å²) in [7, 11) is 3.68. The van der Waals surface area contributed by atoms with E-state index in [1.165, 1.54) is 5.56 Å². The highest BCUT2D eigenvalue weighted by Gasteiger charge is 2.64. The number of amides is 1. The summed E-state index contributed by atoms with van der Waals surface area (Å²) in [6.45, 7) is 8.10. The number of nitrogens with zero attached hydrogens (tertiary/aromatic N) is 1. The molecule has 0 radical (unpaired) electrons. The molecule has 0 spiro atoms. The molecule has 2 aromatic carbocycles. The van der Waals surface area contributed by atoms with Crippen LogP contribution in [0.2, 0.25) is 0 Å². The fourth-order valence-electron chi connectivity index (χ4n) is 7.28. The highest BCUT2D eigenvalue weighted by Crippen LogP contribution is 2.56. The van der Waals surface area contributed by atoms with Crippen molar-refractivity contribution in [3.63, 3.8) is 0 Å². The van der Waals surface area contributed by atoms with Gasteiger partial charge in [-0.05, 0) is 53.4 Å². The number of fused-ring (bicyclic) bond motifs is 3. The topological polar surface area (TPSA) is 173 Å². The molecule has 10 nitrogen and oxygen atoms in total. The standard InChI is InChI=1S/C34H41N3O7/c1-15(2)18-9-7-17(8-10-18)14-36-22-13-23(37(5)6)20-11-19-12-21-24(16(3)4)29(39)27(33(35)43)32(42)34(21,44)31(41)25(19)30(40)26(20)28(22)38/h7-10,13,15-16,19,21,24,36,38,40,42,44H,11-12,14H2,1-6H3,(H2,35,43)/t19-,21-,24-,34-/m0/s1. The van der Waals surface area contributed by atoms with Gasteiger partial charge < -0.3 is 36.4 Å². The van der Waals surface area contributed by atoms with Gasteiger partial charge in [0.2, 0.25) is 5.78 Å². The van der Waals surface area contributed by atoms with Gasteiger partial charge in [0, 0.05) is 43.7 Å². The first-order chi connectivity index (χ1) is 20.6. The lowest BCUT2D eigenvalue weighted by molar-refractivity contribution is -0.155. The number of hydrogen-bond acceptors (Lipinski definition) is 9. The minimum atomic E-state index is -2.64. The molecule has 1 fully saturated rings. The van der Waals surface area contributed by atoms with Gasteiger partial charge in [0.25, 0.3) is 5.91 Å². The second-order valence-electron chi connectivity index (χ2n) is 13.1. The van der Waals surface area contributed by atoms with Crippen molar-refractivity contribution in [1.29, 1.82) is 0 Å². The van der Waals surface area contributed by atoms with Crippen LogP contribution < -0.4 is 16.0 Å². The first kappa shape index (κ1) is 31.1. The van der Waals surface area contributed by atoms with Crippen LogP contribution in [0.25, 0.3) is 5.76 Å². The number of phenolic OH excluding ortho intramolecular Hbond substituents is 1. The van der Waals surface area contributed by atoms with Crippen molar-refractivity contribution < 1.29 is 34.8 Å². The molecule has 0 aromatic heterocycles. The van der Waals surface area contributed by atoms with Crippen LogP contribution in [0.4, 0.5) is 11.4 Å². The molecule has 1 saturated carbocycles. The van der Waals surface area contributed by atoms with Crippen LogP contribution in [0.5, 0.6) is 5.75 Å². The van der Waals surface area contributed by atoms with Crippen LogP contribution in [0, 0.1) is 23.7 Å². The Kier molecular flexibility index (Phi) is 7.78. The average molecular weight is 604 g/mol. The maximum absolute atomic E-state index is 14.2. The molecular weight excluding hydrogens is 562 g/mol. The first-order valence-corrected chi connectivity index (χ1v) is 15.0. The Morgan fingerprint density at radius 3 is 2.27 bits per heavy atom. The molecule has 0 saturated heterocycles. The molecule has 10 heteroatoms. The lowest BCUT2D eigenvalue weighted by Gasteiger charge is -2.50. The van der Waals surface area contributed by atoms with Crippen LogP contribution >= 0.6 is 0 Å². The molecular formula is C34H41N3O7. The third kappa shape index (κ3) is 4.63. The maximum Gasteiger partial charge on any atom is 0.255 e. The zero-order chi connectivity index (χ0) is 32.4. The van der Waals surface area contributed by atoms with Gasteiger partial charge in [-0.15, -0.1) is 0 Å². The van der Waals surface area contributed by atoms with Crippen molar-refractivity contribution in [2.45, 2.75) is 58.6 Å². The van der Waals surface area contributed by atoms with Gasteiger partial charge in [0.15, 0.2) is 11.4 Å². The molecule has 5 rings (SSSR count). The van der Waals surface area contributed by atoms with Gasteiger partial charge in [-0.3, -0.25) is 14.4 Å². The Balaban J connectivity index is 1.62. The molecule has 3 aliphatic rings. The van der Waals surface area contributed by atoms with Crippen LogP contribution in [0.1, 0.15) is 62.3 Å². The molecule has 0 heterocycles. The van der Waals surface area contributed by atoms with E-state index in [1.54, 1.807) is 19.9 Å². The fourth-order valence-corrected chi connectivity index (χ4v) is 7.28. The normalized spacial score (nSPS) is 24.8. The van der Waals surface area contributed by atoms with Gasteiger partial charge in [0.05, 0.1) is 11.3 Å². The van der Waals surface area contributed by atoms with Crippen molar-refractivity contribution in [2.24, 2.45) is 29.4 Å². The number of hydrogen-bond donors (Lipinski definition) is 6. The van der Waals surface area contributed by atoms with E-state index in [4.69, 9.17) is 5.73 Å². The number of aliphatic hydroxyl groups excluding tert-OH is 2. The van der Waals surface area contributed by atoms with Crippen LogP contribution in [0.3, 0.4) is 0 Å². The van der Waals surface area contributed by atoms with E-state index < -0.39 is 57.9 Å². The number of rotatable bonds is 7. The van der Waals surface area contributed by atoms with Crippen molar-refractivity contribution in [1.82, 2.24) is 0 Å². The molecule has 0 unspecified atom stereocenters. The Morgan fingerprint density at radius 1 is 1.09 bits per heavy atom. The third-order valence-corrected chi connectivity index (χ3v) is 9.56. The number of carbonyl (C=O) groups is 3. The van der Waals surface area contributed by atoms with Gasteiger partial charge in [0.1, 0.15) is 22.8 Å². The number of anilines is 2. The zero-order valence-corrected chi connectivity index (χ0v) is 25.9. The van der Waals surface area contributed by atoms with Crippen molar-refractivity contribution >= 4 is 34.6 Å². The summed E-state index contributed by atoms with van der Waals surface area (Å²) in [6.07, 6.45) is 0.309. The predicted octanol–water partition coefficient (Wildman–Crippen LogP) is 4.11. The van der Waals surface area contributed by atoms with Gasteiger partial charge >= 0.3 is 0 Å². The van der Waals surface area contributed by atoms with E-state index in [-0.39, 0.29) is 35.6 Å². The van der Waals surface area contributed by atoms with E-state index in [0.717, 1.165) is 5.56 Å². The van der Waals surface area contributed by atoms with Gasteiger partial charge in [-0.25, -0.2) is 0 Å². The van der Waals surface area contributed by atoms with Crippen LogP contribution in [-0.2, 0) is 27.3 Å². The summed E-state index contributed by atoms with van der Waals surface area (Å²) in [6, 6.07) is 9.92. The highest BCUT2D eigenvalue weighted by molar-refractivity contribution is 6.23. The van der Waals surface area contributed by atoms with E-state index in [0.29, 0.717) is 29.4 Å². The lowest BCUT2D eigenvalue weighted by Crippen LogP contribution is -2.62. The smallest absolute Gasteiger partial charge is 0.255 e. The number of benzene rings is 2. The largest absolute Gasteiger partial charge is 0.508 e. The van der Waals surface area contributed by atoms with Crippen molar-refractivity contribution in [3.8, 4) is 5.75 Å². The molecule has 44 heavy (non-hydrogen) atoms. The Bertz CT molecular complexity index is 1620. The molecule has 1 amide bonds.